The van der Waals surface area contributed by atoms with E-state index in [1.54, 1.807) is 0 Å². The molecule has 20 rings (SSSR count). The number of hydrogen-bond acceptors (Lipinski definition) is 2. The third kappa shape index (κ3) is 9.17. The van der Waals surface area contributed by atoms with Crippen molar-refractivity contribution in [3.8, 4) is 67.0 Å². The molecule has 101 heavy (non-hydrogen) atoms. The van der Waals surface area contributed by atoms with Gasteiger partial charge >= 0.3 is 0 Å². The summed E-state index contributed by atoms with van der Waals surface area (Å²) in [5.74, 6) is 0. The molecule has 4 nitrogen and oxygen atoms in total. The lowest BCUT2D eigenvalue weighted by atomic mass is 9.33. The van der Waals surface area contributed by atoms with Crippen molar-refractivity contribution in [2.45, 2.75) is 0 Å². The first-order valence-electron chi connectivity index (χ1n) is 34.9. The van der Waals surface area contributed by atoms with Gasteiger partial charge in [-0.25, -0.2) is 0 Å². The lowest BCUT2D eigenvalue weighted by Crippen LogP contribution is -2.61. The van der Waals surface area contributed by atoms with Crippen LogP contribution in [0.15, 0.2) is 371 Å². The zero-order valence-corrected chi connectivity index (χ0v) is 55.3. The maximum atomic E-state index is 4.11. The molecule has 0 saturated carbocycles. The van der Waals surface area contributed by atoms with Crippen LogP contribution in [0.3, 0.4) is 0 Å². The fourth-order valence-corrected chi connectivity index (χ4v) is 17.0. The Labute approximate surface area is 586 Å². The van der Waals surface area contributed by atoms with Crippen molar-refractivity contribution in [1.82, 2.24) is 9.13 Å². The van der Waals surface area contributed by atoms with E-state index in [1.165, 1.54) is 92.7 Å². The van der Waals surface area contributed by atoms with Crippen molar-refractivity contribution >= 4 is 128 Å². The number of nitrogens with zero attached hydrogens (tertiary/aromatic N) is 4. The molecule has 0 aliphatic carbocycles. The third-order valence-electron chi connectivity index (χ3n) is 21.2. The third-order valence-corrected chi connectivity index (χ3v) is 21.2. The van der Waals surface area contributed by atoms with Gasteiger partial charge < -0.3 is 18.9 Å². The summed E-state index contributed by atoms with van der Waals surface area (Å²) in [6.07, 6.45) is 6.08. The number of aromatic nitrogens is 2. The van der Waals surface area contributed by atoms with Gasteiger partial charge in [0.1, 0.15) is 0 Å². The summed E-state index contributed by atoms with van der Waals surface area (Å²) in [7, 11) is 0. The average molecular weight is 1280 g/mol. The van der Waals surface area contributed by atoms with Crippen LogP contribution in [0, 0.1) is 0 Å². The van der Waals surface area contributed by atoms with Gasteiger partial charge in [0.2, 0.25) is 0 Å². The maximum absolute atomic E-state index is 4.11. The maximum Gasteiger partial charge on any atom is 0.252 e. The standard InChI is InChI=1S/C96H63BN4/c1-2-3-34-70-58-68-32-11-21-45-85(68)98(70)71-55-57-84-91(60-71)101(87-47-23-18-37-76(87)65-29-8-5-9-30-65)93-62-72(99-88-48-24-19-38-77(88)78-39-20-25-49-89(78)99)61-92-96(93)97(84)83-56-54-69(59-90(83)100(92)86-46-22-17-36-75(86)64-27-6-4-7-28-64)95-81-42-15-13-40-79(81)94(80-41-14-16-43-82(80)95)67-52-50-66(51-53-67)74-44-26-33-63-31-10-12-35-73(63)74/h2-62H,1H2/b34-3-. The highest BCUT2D eigenvalue weighted by molar-refractivity contribution is 7.00. The number of hydrogen-bond donors (Lipinski definition) is 0. The number of para-hydroxylation sites is 5. The van der Waals surface area contributed by atoms with Crippen molar-refractivity contribution in [3.63, 3.8) is 0 Å². The van der Waals surface area contributed by atoms with Gasteiger partial charge in [0.05, 0.1) is 33.6 Å². The minimum atomic E-state index is -0.227. The molecule has 2 aliphatic rings. The molecule has 0 unspecified atom stereocenters. The number of fused-ring (bicyclic) bond motifs is 11. The highest BCUT2D eigenvalue weighted by Gasteiger charge is 2.45. The highest BCUT2D eigenvalue weighted by atomic mass is 15.2. The lowest BCUT2D eigenvalue weighted by molar-refractivity contribution is 1.10. The van der Waals surface area contributed by atoms with Crippen molar-refractivity contribution in [1.29, 1.82) is 0 Å². The molecule has 0 bridgehead atoms. The molecular formula is C96H63BN4. The van der Waals surface area contributed by atoms with E-state index in [1.807, 2.05) is 12.2 Å². The fourth-order valence-electron chi connectivity index (χ4n) is 17.0. The summed E-state index contributed by atoms with van der Waals surface area (Å²) in [4.78, 5) is 5.24. The SMILES string of the molecule is C=C/C=C\c1cc2ccccc2n1-c1ccc2c(c1)N(c1ccccc1-c1ccccc1)c1cc(-n3c4ccccc4c4ccccc43)cc3c1B2c1ccc(-c2c4ccccc4c(-c4ccc(-c5cccc6ccccc56)cc4)c4ccccc24)cc1N3c1ccccc1-c1ccccc1. The second-order valence-corrected chi connectivity index (χ2v) is 26.7. The molecule has 0 fully saturated rings. The van der Waals surface area contributed by atoms with E-state index in [-0.39, 0.29) is 6.71 Å². The van der Waals surface area contributed by atoms with Crippen LogP contribution < -0.4 is 26.2 Å². The van der Waals surface area contributed by atoms with E-state index < -0.39 is 0 Å². The Morgan fingerprint density at radius 3 is 1.29 bits per heavy atom. The minimum absolute atomic E-state index is 0.227. The predicted octanol–water partition coefficient (Wildman–Crippen LogP) is 23.8. The molecule has 2 aromatic heterocycles. The van der Waals surface area contributed by atoms with Crippen LogP contribution in [0.2, 0.25) is 0 Å². The Balaban J connectivity index is 0.892. The molecule has 16 aromatic carbocycles. The quantitative estimate of drug-likeness (QED) is 0.0729. The van der Waals surface area contributed by atoms with Gasteiger partial charge in [0.25, 0.3) is 6.71 Å². The second-order valence-electron chi connectivity index (χ2n) is 26.7. The summed E-state index contributed by atoms with van der Waals surface area (Å²) in [5, 5.41) is 10.9. The van der Waals surface area contributed by atoms with Crippen LogP contribution in [-0.4, -0.2) is 15.8 Å². The number of allylic oxidation sites excluding steroid dienone is 2. The molecule has 0 spiro atoms. The molecule has 0 saturated heterocycles. The monoisotopic (exact) mass is 1280 g/mol. The van der Waals surface area contributed by atoms with E-state index in [2.05, 4.69) is 383 Å². The number of rotatable bonds is 11. The van der Waals surface area contributed by atoms with E-state index >= 15 is 0 Å². The first kappa shape index (κ1) is 58.0. The van der Waals surface area contributed by atoms with Crippen LogP contribution >= 0.6 is 0 Å². The van der Waals surface area contributed by atoms with Crippen molar-refractivity contribution in [3.05, 3.63) is 376 Å². The van der Waals surface area contributed by atoms with Crippen LogP contribution in [0.4, 0.5) is 34.1 Å². The Hall–Kier alpha value is -13.2. The highest BCUT2D eigenvalue weighted by Crippen LogP contribution is 2.52. The van der Waals surface area contributed by atoms with E-state index in [0.29, 0.717) is 0 Å². The Kier molecular flexibility index (Phi) is 13.5. The zero-order valence-electron chi connectivity index (χ0n) is 55.3. The molecule has 0 N–H and O–H groups in total. The Morgan fingerprint density at radius 2 is 0.693 bits per heavy atom. The van der Waals surface area contributed by atoms with Gasteiger partial charge in [-0.1, -0.05) is 304 Å². The van der Waals surface area contributed by atoms with Crippen molar-refractivity contribution in [2.24, 2.45) is 0 Å². The molecule has 0 radical (unpaired) electrons. The molecule has 18 aromatic rings. The summed E-state index contributed by atoms with van der Waals surface area (Å²) in [6.45, 7) is 3.89. The van der Waals surface area contributed by atoms with Crippen LogP contribution in [0.25, 0.3) is 138 Å². The van der Waals surface area contributed by atoms with Gasteiger partial charge in [-0.05, 0) is 166 Å². The normalized spacial score (nSPS) is 12.5. The van der Waals surface area contributed by atoms with Gasteiger partial charge in [-0.15, -0.1) is 0 Å². The molecular weight excluding hydrogens is 1220 g/mol. The molecule has 0 amide bonds. The first-order chi connectivity index (χ1) is 50.1. The molecule has 5 heteroatoms. The summed E-state index contributed by atoms with van der Waals surface area (Å²) in [6, 6.07) is 131. The molecule has 470 valence electrons. The second kappa shape index (κ2) is 23.5. The molecule has 2 aliphatic heterocycles. The smallest absolute Gasteiger partial charge is 0.252 e. The Morgan fingerprint density at radius 1 is 0.267 bits per heavy atom. The minimum Gasteiger partial charge on any atom is -0.311 e. The van der Waals surface area contributed by atoms with Crippen molar-refractivity contribution < 1.29 is 0 Å². The van der Waals surface area contributed by atoms with E-state index in [9.17, 15) is 0 Å². The van der Waals surface area contributed by atoms with Gasteiger partial charge in [-0.2, -0.15) is 0 Å². The Bertz CT molecular complexity index is 6320. The molecule has 4 heterocycles. The lowest BCUT2D eigenvalue weighted by Gasteiger charge is -2.45. The fraction of sp³-hybridized carbons (Fsp3) is 0. The van der Waals surface area contributed by atoms with Crippen LogP contribution in [0.5, 0.6) is 0 Å². The number of anilines is 6. The first-order valence-corrected chi connectivity index (χ1v) is 34.9. The summed E-state index contributed by atoms with van der Waals surface area (Å²) in [5.41, 5.74) is 28.6. The largest absolute Gasteiger partial charge is 0.311 e. The van der Waals surface area contributed by atoms with Crippen LogP contribution in [-0.2, 0) is 0 Å². The topological polar surface area (TPSA) is 16.3 Å². The van der Waals surface area contributed by atoms with Gasteiger partial charge in [-0.3, -0.25) is 0 Å². The van der Waals surface area contributed by atoms with Gasteiger partial charge in [0.15, 0.2) is 0 Å². The van der Waals surface area contributed by atoms with Crippen LogP contribution in [0.1, 0.15) is 5.69 Å². The van der Waals surface area contributed by atoms with Gasteiger partial charge in [0, 0.05) is 61.4 Å². The molecule has 0 atom stereocenters. The summed E-state index contributed by atoms with van der Waals surface area (Å²) < 4.78 is 4.93. The summed E-state index contributed by atoms with van der Waals surface area (Å²) >= 11 is 0. The average Bonchev–Trinajstić information content (AvgIpc) is 0.973. The number of benzene rings is 16. The zero-order chi connectivity index (χ0) is 66.7. The predicted molar refractivity (Wildman–Crippen MR) is 431 cm³/mol. The van der Waals surface area contributed by atoms with E-state index in [4.69, 9.17) is 0 Å². The van der Waals surface area contributed by atoms with Crippen molar-refractivity contribution in [2.75, 3.05) is 9.80 Å². The van der Waals surface area contributed by atoms with E-state index in [0.717, 1.165) is 95.6 Å².